The van der Waals surface area contributed by atoms with Gasteiger partial charge in [0.1, 0.15) is 0 Å². The van der Waals surface area contributed by atoms with Crippen LogP contribution in [0.25, 0.3) is 5.57 Å². The number of rotatable bonds is 5. The molecule has 1 aliphatic carbocycles. The van der Waals surface area contributed by atoms with Gasteiger partial charge in [0.05, 0.1) is 0 Å². The molecule has 0 saturated carbocycles. The number of benzene rings is 1. The van der Waals surface area contributed by atoms with Crippen molar-refractivity contribution in [3.05, 3.63) is 84.2 Å². The zero-order chi connectivity index (χ0) is 15.5. The molecule has 125 valence electrons. The molecular weight excluding hydrogens is 377 g/mol. The van der Waals surface area contributed by atoms with Crippen LogP contribution in [-0.2, 0) is 16.3 Å². The molecule has 1 heterocycles. The summed E-state index contributed by atoms with van der Waals surface area (Å²) in [4.78, 5) is 4.58. The van der Waals surface area contributed by atoms with Gasteiger partial charge in [-0.1, -0.05) is 0 Å². The van der Waals surface area contributed by atoms with Crippen molar-refractivity contribution < 1.29 is 41.1 Å². The smallest absolute Gasteiger partial charge is 1.00 e. The molecule has 4 heteroatoms. The Balaban J connectivity index is 0.00000144. The fourth-order valence-corrected chi connectivity index (χ4v) is 3.87. The maximum Gasteiger partial charge on any atom is -1.00 e. The maximum absolute atomic E-state index is 4.58. The molecule has 0 amide bonds. The Bertz CT molecular complexity index is 700. The van der Waals surface area contributed by atoms with E-state index in [0.29, 0.717) is 16.6 Å². The van der Waals surface area contributed by atoms with Crippen LogP contribution < -0.4 is 24.8 Å². The molecule has 1 aromatic carbocycles. The van der Waals surface area contributed by atoms with Crippen LogP contribution in [0.1, 0.15) is 40.9 Å². The van der Waals surface area contributed by atoms with Crippen LogP contribution in [-0.4, -0.2) is 4.98 Å². The van der Waals surface area contributed by atoms with Crippen LogP contribution >= 0.6 is 0 Å². The fourth-order valence-electron chi connectivity index (χ4n) is 3.32. The molecule has 3 rings (SSSR count). The number of halogens is 2. The van der Waals surface area contributed by atoms with Crippen molar-refractivity contribution in [2.24, 2.45) is 5.92 Å². The summed E-state index contributed by atoms with van der Waals surface area (Å²) in [5, 5.41) is 0. The van der Waals surface area contributed by atoms with E-state index in [1.165, 1.54) is 16.7 Å². The summed E-state index contributed by atoms with van der Waals surface area (Å²) >= 11 is 3.28. The van der Waals surface area contributed by atoms with E-state index in [4.69, 9.17) is 0 Å². The molecule has 0 fully saturated rings. The molecule has 24 heavy (non-hydrogen) atoms. The van der Waals surface area contributed by atoms with Crippen LogP contribution in [0.4, 0.5) is 0 Å². The van der Waals surface area contributed by atoms with E-state index in [1.54, 1.807) is 0 Å². The van der Waals surface area contributed by atoms with E-state index in [0.717, 1.165) is 12.1 Å². The predicted molar refractivity (Wildman–Crippen MR) is 88.1 cm³/mol. The minimum absolute atomic E-state index is 0. The Labute approximate surface area is 165 Å². The molecule has 3 atom stereocenters. The van der Waals surface area contributed by atoms with E-state index in [1.807, 2.05) is 18.3 Å². The fraction of sp³-hybridized carbons (Fsp3) is 0.250. The molecule has 1 aromatic heterocycles. The van der Waals surface area contributed by atoms with Gasteiger partial charge < -0.3 is 24.8 Å². The van der Waals surface area contributed by atoms with Crippen molar-refractivity contribution in [1.29, 1.82) is 0 Å². The number of hydrogen-bond acceptors (Lipinski definition) is 1. The Hall–Kier alpha value is -1.04. The maximum atomic E-state index is 4.58. The average molecular weight is 397 g/mol. The molecule has 2 aromatic rings. The average Bonchev–Trinajstić information content (AvgIpc) is 2.90. The van der Waals surface area contributed by atoms with Gasteiger partial charge in [0.2, 0.25) is 0 Å². The Morgan fingerprint density at radius 2 is 1.88 bits per heavy atom. The summed E-state index contributed by atoms with van der Waals surface area (Å²) in [5.74, 6) is 0.774. The second-order valence-corrected chi connectivity index (χ2v) is 6.60. The second-order valence-electron chi connectivity index (χ2n) is 5.80. The number of fused-ring (bicyclic) bond motifs is 1. The first kappa shape index (κ1) is 21.0. The summed E-state index contributed by atoms with van der Waals surface area (Å²) in [6.45, 7) is 6.25. The third-order valence-corrected chi connectivity index (χ3v) is 5.10. The van der Waals surface area contributed by atoms with Gasteiger partial charge in [0, 0.05) is 0 Å². The van der Waals surface area contributed by atoms with Crippen LogP contribution in [0, 0.1) is 5.92 Å². The first-order valence-electron chi connectivity index (χ1n) is 7.71. The van der Waals surface area contributed by atoms with E-state index in [2.05, 4.69) is 77.3 Å². The summed E-state index contributed by atoms with van der Waals surface area (Å²) in [5.41, 5.74) is 5.35. The molecule has 0 bridgehead atoms. The van der Waals surface area contributed by atoms with Gasteiger partial charge in [-0.15, -0.1) is 0 Å². The van der Waals surface area contributed by atoms with Crippen LogP contribution in [0.2, 0.25) is 0 Å². The zero-order valence-corrected chi connectivity index (χ0v) is 16.3. The SMILES string of the molecule is C=CCC(c1ccccn1)C(C)C1=C[CH]([Cr+2])c2ccccc21.[Cl-].[Cl-]. The van der Waals surface area contributed by atoms with Gasteiger partial charge in [-0.05, 0) is 0 Å². The third kappa shape index (κ3) is 4.13. The van der Waals surface area contributed by atoms with Crippen molar-refractivity contribution in [3.8, 4) is 0 Å². The first-order chi connectivity index (χ1) is 10.7. The normalized spacial score (nSPS) is 17.5. The summed E-state index contributed by atoms with van der Waals surface area (Å²) in [6, 6.07) is 14.9. The number of hydrogen-bond donors (Lipinski definition) is 0. The molecule has 0 N–H and O–H groups in total. The summed E-state index contributed by atoms with van der Waals surface area (Å²) in [6.07, 6.45) is 7.20. The van der Waals surface area contributed by atoms with Gasteiger partial charge in [-0.3, -0.25) is 0 Å². The number of allylic oxidation sites excluding steroid dienone is 3. The van der Waals surface area contributed by atoms with Crippen LogP contribution in [0.3, 0.4) is 0 Å². The van der Waals surface area contributed by atoms with Crippen molar-refractivity contribution in [2.45, 2.75) is 24.0 Å². The summed E-state index contributed by atoms with van der Waals surface area (Å²) < 4.78 is 0.377. The van der Waals surface area contributed by atoms with E-state index < -0.39 is 0 Å². The van der Waals surface area contributed by atoms with Crippen molar-refractivity contribution in [1.82, 2.24) is 4.98 Å². The molecule has 3 unspecified atom stereocenters. The first-order valence-corrected chi connectivity index (χ1v) is 8.44. The summed E-state index contributed by atoms with van der Waals surface area (Å²) in [7, 11) is 0. The van der Waals surface area contributed by atoms with Gasteiger partial charge >= 0.3 is 141 Å². The quantitative estimate of drug-likeness (QED) is 0.595. The number of pyridine rings is 1. The number of nitrogens with zero attached hydrogens (tertiary/aromatic N) is 1. The molecule has 0 aliphatic heterocycles. The molecule has 0 spiro atoms. The minimum Gasteiger partial charge on any atom is -1.00 e. The van der Waals surface area contributed by atoms with Crippen molar-refractivity contribution >= 4 is 5.57 Å². The molecule has 1 aliphatic rings. The predicted octanol–water partition coefficient (Wildman–Crippen LogP) is -0.929. The molecule has 0 radical (unpaired) electrons. The van der Waals surface area contributed by atoms with E-state index in [-0.39, 0.29) is 24.8 Å². The zero-order valence-electron chi connectivity index (χ0n) is 13.5. The Kier molecular flexibility index (Phi) is 8.27. The van der Waals surface area contributed by atoms with Gasteiger partial charge in [-0.25, -0.2) is 0 Å². The Morgan fingerprint density at radius 1 is 1.17 bits per heavy atom. The van der Waals surface area contributed by atoms with Crippen LogP contribution in [0.15, 0.2) is 67.4 Å². The molecule has 0 saturated heterocycles. The molecule has 1 nitrogen and oxygen atoms in total. The van der Waals surface area contributed by atoms with E-state index in [9.17, 15) is 0 Å². The van der Waals surface area contributed by atoms with Gasteiger partial charge in [-0.2, -0.15) is 0 Å². The topological polar surface area (TPSA) is 12.9 Å². The number of aromatic nitrogens is 1. The van der Waals surface area contributed by atoms with E-state index >= 15 is 0 Å². The van der Waals surface area contributed by atoms with Crippen LogP contribution in [0.5, 0.6) is 0 Å². The standard InChI is InChI=1S/C20H20N.2ClH.Cr/c1-3-8-18(20-11-6-7-14-21-20)15(2)17-13-12-16-9-4-5-10-19(16)17;;;/h3-7,9-15,18H,1,8H2,2H3;2*1H;/q;;;+2/p-2. The van der Waals surface area contributed by atoms with Gasteiger partial charge in [0.25, 0.3) is 0 Å². The van der Waals surface area contributed by atoms with Crippen molar-refractivity contribution in [3.63, 3.8) is 0 Å². The van der Waals surface area contributed by atoms with Crippen molar-refractivity contribution in [2.75, 3.05) is 0 Å². The monoisotopic (exact) mass is 396 g/mol. The largest absolute Gasteiger partial charge is 1.00 e. The molecular formula is C20H20Cl2CrN. The minimum atomic E-state index is 0. The Morgan fingerprint density at radius 3 is 2.54 bits per heavy atom. The van der Waals surface area contributed by atoms with Gasteiger partial charge in [0.15, 0.2) is 0 Å². The third-order valence-electron chi connectivity index (χ3n) is 4.49. The second kappa shape index (κ2) is 9.45.